The van der Waals surface area contributed by atoms with Crippen LogP contribution in [0.15, 0.2) is 0 Å². The molecule has 10 heteroatoms. The maximum absolute atomic E-state index is 12.9. The Kier molecular flexibility index (Phi) is 11.7. The summed E-state index contributed by atoms with van der Waals surface area (Å²) in [5.41, 5.74) is 1.93. The van der Waals surface area contributed by atoms with Crippen LogP contribution in [0.5, 0.6) is 0 Å². The van der Waals surface area contributed by atoms with Crippen molar-refractivity contribution in [2.24, 2.45) is 5.92 Å². The maximum atomic E-state index is 12.9. The Labute approximate surface area is 179 Å². The van der Waals surface area contributed by atoms with Crippen LogP contribution < -0.4 is 5.43 Å². The number of hydrogen-bond donors (Lipinski definition) is 2. The van der Waals surface area contributed by atoms with Crippen molar-refractivity contribution < 1.29 is 29.1 Å². The van der Waals surface area contributed by atoms with E-state index in [1.54, 1.807) is 20.8 Å². The molecule has 1 aliphatic rings. The molecule has 2 N–H and O–H groups in total. The lowest BCUT2D eigenvalue weighted by molar-refractivity contribution is -0.155. The van der Waals surface area contributed by atoms with Crippen molar-refractivity contribution in [2.75, 3.05) is 45.9 Å². The highest BCUT2D eigenvalue weighted by Gasteiger charge is 2.28. The summed E-state index contributed by atoms with van der Waals surface area (Å²) >= 11 is 0. The van der Waals surface area contributed by atoms with Gasteiger partial charge in [0.1, 0.15) is 5.60 Å². The van der Waals surface area contributed by atoms with E-state index in [1.165, 1.54) is 5.01 Å². The molecule has 0 aromatic heterocycles. The highest BCUT2D eigenvalue weighted by Crippen LogP contribution is 2.13. The van der Waals surface area contributed by atoms with E-state index in [2.05, 4.69) is 17.2 Å². The number of carbonyl (C=O) groups excluding carboxylic acids is 3. The standard InChI is InChI=1S/C20H38N4O6/c1-5-6-7-8-17(15-23(28)16-25)18(26)21-24(19(27)30-20(2,3)4)10-9-22-11-13-29-14-12-22/h16-17,28H,5-15H2,1-4H3,(H,21,26). The molecular formula is C20H38N4O6. The lowest BCUT2D eigenvalue weighted by atomic mass is 10.0. The van der Waals surface area contributed by atoms with Crippen molar-refractivity contribution >= 4 is 18.4 Å². The number of hydrazine groups is 1. The molecule has 30 heavy (non-hydrogen) atoms. The van der Waals surface area contributed by atoms with Crippen LogP contribution in [0, 0.1) is 5.92 Å². The molecular weight excluding hydrogens is 392 g/mol. The van der Waals surface area contributed by atoms with Gasteiger partial charge in [-0.3, -0.25) is 25.1 Å². The summed E-state index contributed by atoms with van der Waals surface area (Å²) < 4.78 is 10.8. The normalized spacial score (nSPS) is 15.9. The molecule has 1 unspecified atom stereocenters. The predicted octanol–water partition coefficient (Wildman–Crippen LogP) is 1.63. The number of nitrogens with zero attached hydrogens (tertiary/aromatic N) is 3. The maximum Gasteiger partial charge on any atom is 0.429 e. The van der Waals surface area contributed by atoms with E-state index >= 15 is 0 Å². The van der Waals surface area contributed by atoms with Gasteiger partial charge in [-0.15, -0.1) is 0 Å². The molecule has 0 aliphatic carbocycles. The third kappa shape index (κ3) is 10.7. The van der Waals surface area contributed by atoms with Crippen LogP contribution in [0.25, 0.3) is 0 Å². The lowest BCUT2D eigenvalue weighted by Crippen LogP contribution is -2.54. The number of hydroxylamine groups is 2. The van der Waals surface area contributed by atoms with Crippen LogP contribution in [0.3, 0.4) is 0 Å². The average Bonchev–Trinajstić information content (AvgIpc) is 2.69. The Morgan fingerprint density at radius 2 is 1.93 bits per heavy atom. The number of rotatable bonds is 11. The second-order valence-electron chi connectivity index (χ2n) is 8.48. The number of nitrogens with one attached hydrogen (secondary N) is 1. The van der Waals surface area contributed by atoms with Crippen molar-refractivity contribution in [3.63, 3.8) is 0 Å². The summed E-state index contributed by atoms with van der Waals surface area (Å²) in [7, 11) is 0. The first-order valence-electron chi connectivity index (χ1n) is 10.7. The van der Waals surface area contributed by atoms with Crippen molar-refractivity contribution in [3.8, 4) is 0 Å². The highest BCUT2D eigenvalue weighted by atomic mass is 16.6. The van der Waals surface area contributed by atoms with Crippen molar-refractivity contribution in [2.45, 2.75) is 59.0 Å². The molecule has 1 aliphatic heterocycles. The SMILES string of the molecule is CCCCCC(CN(O)C=O)C(=O)NN(CCN1CCOCC1)C(=O)OC(C)(C)C. The number of amides is 3. The summed E-state index contributed by atoms with van der Waals surface area (Å²) in [5, 5.41) is 11.2. The molecule has 174 valence electrons. The van der Waals surface area contributed by atoms with Crippen molar-refractivity contribution in [3.05, 3.63) is 0 Å². The van der Waals surface area contributed by atoms with Crippen LogP contribution in [0.4, 0.5) is 4.79 Å². The molecule has 1 heterocycles. The first-order valence-corrected chi connectivity index (χ1v) is 10.7. The van der Waals surface area contributed by atoms with Gasteiger partial charge in [0.05, 0.1) is 32.2 Å². The second-order valence-corrected chi connectivity index (χ2v) is 8.48. The number of hydrogen-bond acceptors (Lipinski definition) is 7. The van der Waals surface area contributed by atoms with Crippen molar-refractivity contribution in [1.29, 1.82) is 0 Å². The van der Waals surface area contributed by atoms with Gasteiger partial charge in [0.2, 0.25) is 12.3 Å². The first-order chi connectivity index (χ1) is 14.2. The van der Waals surface area contributed by atoms with Gasteiger partial charge in [0.25, 0.3) is 0 Å². The van der Waals surface area contributed by atoms with Gasteiger partial charge in [0.15, 0.2) is 0 Å². The van der Waals surface area contributed by atoms with Gasteiger partial charge in [-0.2, -0.15) is 0 Å². The fraction of sp³-hybridized carbons (Fsp3) is 0.850. The molecule has 0 bridgehead atoms. The summed E-state index contributed by atoms with van der Waals surface area (Å²) in [6.45, 7) is 10.8. The average molecular weight is 431 g/mol. The minimum Gasteiger partial charge on any atom is -0.442 e. The Hall–Kier alpha value is -1.91. The number of ether oxygens (including phenoxy) is 2. The van der Waals surface area contributed by atoms with E-state index in [0.717, 1.165) is 32.4 Å². The van der Waals surface area contributed by atoms with E-state index in [-0.39, 0.29) is 19.5 Å². The molecule has 0 aromatic carbocycles. The minimum atomic E-state index is -0.709. The topological polar surface area (TPSA) is 112 Å². The van der Waals surface area contributed by atoms with Crippen LogP contribution in [-0.2, 0) is 19.1 Å². The van der Waals surface area contributed by atoms with E-state index < -0.39 is 23.5 Å². The highest BCUT2D eigenvalue weighted by molar-refractivity contribution is 5.81. The molecule has 1 saturated heterocycles. The van der Waals surface area contributed by atoms with Gasteiger partial charge < -0.3 is 9.47 Å². The predicted molar refractivity (Wildman–Crippen MR) is 111 cm³/mol. The molecule has 0 saturated carbocycles. The van der Waals surface area contributed by atoms with Gasteiger partial charge >= 0.3 is 6.09 Å². The molecule has 1 atom stereocenters. The summed E-state index contributed by atoms with van der Waals surface area (Å²) in [6, 6.07) is 0. The minimum absolute atomic E-state index is 0.134. The molecule has 1 rings (SSSR count). The molecule has 0 radical (unpaired) electrons. The summed E-state index contributed by atoms with van der Waals surface area (Å²) in [6.07, 6.45) is 2.81. The molecule has 0 spiro atoms. The number of carbonyl (C=O) groups is 3. The number of unbranched alkanes of at least 4 members (excludes halogenated alkanes) is 2. The van der Waals surface area contributed by atoms with Gasteiger partial charge in [-0.1, -0.05) is 26.2 Å². The Bertz CT molecular complexity index is 534. The third-order valence-corrected chi connectivity index (χ3v) is 4.66. The zero-order chi connectivity index (χ0) is 22.6. The Morgan fingerprint density at radius 1 is 1.27 bits per heavy atom. The van der Waals surface area contributed by atoms with Crippen LogP contribution in [-0.4, -0.2) is 90.1 Å². The second kappa shape index (κ2) is 13.4. The summed E-state index contributed by atoms with van der Waals surface area (Å²) in [5.74, 6) is -1.07. The summed E-state index contributed by atoms with van der Waals surface area (Å²) in [4.78, 5) is 38.5. The Balaban J connectivity index is 2.80. The fourth-order valence-electron chi connectivity index (χ4n) is 3.02. The molecule has 3 amide bonds. The van der Waals surface area contributed by atoms with Crippen LogP contribution in [0.1, 0.15) is 53.4 Å². The number of morpholine rings is 1. The van der Waals surface area contributed by atoms with Gasteiger partial charge in [-0.25, -0.2) is 14.9 Å². The largest absolute Gasteiger partial charge is 0.442 e. The van der Waals surface area contributed by atoms with Crippen molar-refractivity contribution in [1.82, 2.24) is 20.4 Å². The first kappa shape index (κ1) is 26.1. The van der Waals surface area contributed by atoms with E-state index in [9.17, 15) is 19.6 Å². The molecule has 0 aromatic rings. The van der Waals surface area contributed by atoms with E-state index in [0.29, 0.717) is 31.2 Å². The molecule has 1 fully saturated rings. The van der Waals surface area contributed by atoms with Crippen LogP contribution in [0.2, 0.25) is 0 Å². The Morgan fingerprint density at radius 3 is 2.50 bits per heavy atom. The van der Waals surface area contributed by atoms with Gasteiger partial charge in [0, 0.05) is 19.6 Å². The van der Waals surface area contributed by atoms with Crippen LogP contribution >= 0.6 is 0 Å². The molecule has 10 nitrogen and oxygen atoms in total. The van der Waals surface area contributed by atoms with E-state index in [4.69, 9.17) is 9.47 Å². The third-order valence-electron chi connectivity index (χ3n) is 4.66. The smallest absolute Gasteiger partial charge is 0.429 e. The lowest BCUT2D eigenvalue weighted by Gasteiger charge is -2.32. The van der Waals surface area contributed by atoms with E-state index in [1.807, 2.05) is 0 Å². The monoisotopic (exact) mass is 430 g/mol. The quantitative estimate of drug-likeness (QED) is 0.222. The fourth-order valence-corrected chi connectivity index (χ4v) is 3.02. The van der Waals surface area contributed by atoms with Gasteiger partial charge in [-0.05, 0) is 27.2 Å². The zero-order valence-corrected chi connectivity index (χ0v) is 18.8. The zero-order valence-electron chi connectivity index (χ0n) is 18.8.